The second kappa shape index (κ2) is 7.88. The Labute approximate surface area is 155 Å². The molecule has 1 aromatic carbocycles. The molecule has 12 heteroatoms. The Bertz CT molecular complexity index is 905. The minimum absolute atomic E-state index is 0.106. The number of rotatable bonds is 8. The van der Waals surface area contributed by atoms with Crippen molar-refractivity contribution in [3.8, 4) is 0 Å². The molecule has 0 bridgehead atoms. The van der Waals surface area contributed by atoms with Crippen molar-refractivity contribution in [3.05, 3.63) is 36.4 Å². The number of amides is 1. The standard InChI is InChI=1S/C15H18FN5O5S/c1-27(23,24)25-7-5-17-14-3-2-11(8-13(14)16)21-10-12(26-15(21)22)9-20-6-4-18-19-20/h2-4,6,8,12,17H,5,7,9-10H2,1H3/t12-/m0/s1. The highest BCUT2D eigenvalue weighted by molar-refractivity contribution is 7.85. The van der Waals surface area contributed by atoms with Crippen molar-refractivity contribution in [2.75, 3.05) is 36.2 Å². The van der Waals surface area contributed by atoms with E-state index in [-0.39, 0.29) is 25.4 Å². The van der Waals surface area contributed by atoms with Crippen molar-refractivity contribution in [1.29, 1.82) is 0 Å². The van der Waals surface area contributed by atoms with E-state index in [0.29, 0.717) is 12.2 Å². The van der Waals surface area contributed by atoms with Gasteiger partial charge in [0.05, 0.1) is 43.5 Å². The fraction of sp³-hybridized carbons (Fsp3) is 0.400. The first-order chi connectivity index (χ1) is 12.8. The van der Waals surface area contributed by atoms with Gasteiger partial charge in [-0.1, -0.05) is 5.21 Å². The van der Waals surface area contributed by atoms with Crippen LogP contribution in [-0.4, -0.2) is 61.6 Å². The van der Waals surface area contributed by atoms with Gasteiger partial charge >= 0.3 is 6.09 Å². The van der Waals surface area contributed by atoms with Crippen LogP contribution in [0.5, 0.6) is 0 Å². The first kappa shape index (κ1) is 19.0. The average Bonchev–Trinajstić information content (AvgIpc) is 3.22. The summed E-state index contributed by atoms with van der Waals surface area (Å²) in [6, 6.07) is 4.24. The van der Waals surface area contributed by atoms with Gasteiger partial charge in [0.25, 0.3) is 10.1 Å². The van der Waals surface area contributed by atoms with Crippen LogP contribution in [0.15, 0.2) is 30.6 Å². The normalized spacial score (nSPS) is 17.2. The van der Waals surface area contributed by atoms with E-state index < -0.39 is 28.1 Å². The molecule has 0 radical (unpaired) electrons. The Kier molecular flexibility index (Phi) is 5.56. The average molecular weight is 399 g/mol. The quantitative estimate of drug-likeness (QED) is 0.513. The molecule has 1 aliphatic heterocycles. The molecule has 27 heavy (non-hydrogen) atoms. The molecule has 2 heterocycles. The lowest BCUT2D eigenvalue weighted by molar-refractivity contribution is 0.129. The Hall–Kier alpha value is -2.73. The lowest BCUT2D eigenvalue weighted by atomic mass is 10.2. The smallest absolute Gasteiger partial charge is 0.414 e. The number of nitrogens with one attached hydrogen (secondary N) is 1. The number of hydrogen-bond acceptors (Lipinski definition) is 8. The van der Waals surface area contributed by atoms with Gasteiger partial charge in [0.2, 0.25) is 0 Å². The number of carbonyl (C=O) groups excluding carboxylic acids is 1. The van der Waals surface area contributed by atoms with Gasteiger partial charge in [-0.25, -0.2) is 13.9 Å². The molecular weight excluding hydrogens is 381 g/mol. The van der Waals surface area contributed by atoms with Crippen molar-refractivity contribution in [3.63, 3.8) is 0 Å². The van der Waals surface area contributed by atoms with Gasteiger partial charge in [0, 0.05) is 12.7 Å². The molecule has 1 aliphatic rings. The van der Waals surface area contributed by atoms with Crippen molar-refractivity contribution in [2.45, 2.75) is 12.6 Å². The summed E-state index contributed by atoms with van der Waals surface area (Å²) < 4.78 is 47.4. The van der Waals surface area contributed by atoms with E-state index >= 15 is 0 Å². The highest BCUT2D eigenvalue weighted by Crippen LogP contribution is 2.26. The van der Waals surface area contributed by atoms with Gasteiger partial charge in [0.15, 0.2) is 0 Å². The number of hydrogen-bond donors (Lipinski definition) is 1. The number of carbonyl (C=O) groups is 1. The topological polar surface area (TPSA) is 116 Å². The molecule has 1 atom stereocenters. The van der Waals surface area contributed by atoms with Crippen LogP contribution >= 0.6 is 0 Å². The van der Waals surface area contributed by atoms with Crippen molar-refractivity contribution >= 4 is 27.6 Å². The van der Waals surface area contributed by atoms with Gasteiger partial charge in [-0.3, -0.25) is 9.08 Å². The summed E-state index contributed by atoms with van der Waals surface area (Å²) in [6.07, 6.45) is 3.13. The molecule has 1 amide bonds. The van der Waals surface area contributed by atoms with Crippen LogP contribution in [0, 0.1) is 5.82 Å². The molecule has 146 valence electrons. The highest BCUT2D eigenvalue weighted by atomic mass is 32.2. The largest absolute Gasteiger partial charge is 0.442 e. The fourth-order valence-corrected chi connectivity index (χ4v) is 2.95. The minimum Gasteiger partial charge on any atom is -0.442 e. The lowest BCUT2D eigenvalue weighted by Crippen LogP contribution is -2.26. The maximum atomic E-state index is 14.3. The lowest BCUT2D eigenvalue weighted by Gasteiger charge is -2.15. The van der Waals surface area contributed by atoms with E-state index in [4.69, 9.17) is 4.74 Å². The van der Waals surface area contributed by atoms with Gasteiger partial charge in [-0.2, -0.15) is 8.42 Å². The van der Waals surface area contributed by atoms with E-state index in [2.05, 4.69) is 19.8 Å². The minimum atomic E-state index is -3.54. The van der Waals surface area contributed by atoms with Crippen LogP contribution < -0.4 is 10.2 Å². The second-order valence-electron chi connectivity index (χ2n) is 5.86. The summed E-state index contributed by atoms with van der Waals surface area (Å²) in [6.45, 7) is 0.593. The zero-order chi connectivity index (χ0) is 19.4. The van der Waals surface area contributed by atoms with E-state index in [1.807, 2.05) is 0 Å². The molecule has 1 fully saturated rings. The molecule has 2 aromatic rings. The van der Waals surface area contributed by atoms with Crippen LogP contribution in [0.1, 0.15) is 0 Å². The summed E-state index contributed by atoms with van der Waals surface area (Å²) >= 11 is 0. The van der Waals surface area contributed by atoms with E-state index in [9.17, 15) is 17.6 Å². The fourth-order valence-electron chi connectivity index (χ4n) is 2.56. The second-order valence-corrected chi connectivity index (χ2v) is 7.50. The van der Waals surface area contributed by atoms with Crippen LogP contribution in [0.3, 0.4) is 0 Å². The van der Waals surface area contributed by atoms with E-state index in [1.165, 1.54) is 23.2 Å². The third kappa shape index (κ3) is 5.14. The molecule has 0 aliphatic carbocycles. The van der Waals surface area contributed by atoms with Gasteiger partial charge in [-0.05, 0) is 18.2 Å². The number of halogens is 1. The van der Waals surface area contributed by atoms with Crippen molar-refractivity contribution < 1.29 is 26.5 Å². The summed E-state index contributed by atoms with van der Waals surface area (Å²) in [5.41, 5.74) is 0.527. The molecule has 1 N–H and O–H groups in total. The van der Waals surface area contributed by atoms with E-state index in [1.54, 1.807) is 16.9 Å². The monoisotopic (exact) mass is 399 g/mol. The van der Waals surface area contributed by atoms with Gasteiger partial charge in [-0.15, -0.1) is 5.10 Å². The molecule has 0 saturated carbocycles. The summed E-state index contributed by atoms with van der Waals surface area (Å²) in [5.74, 6) is -0.584. The number of benzene rings is 1. The molecule has 3 rings (SSSR count). The zero-order valence-corrected chi connectivity index (χ0v) is 15.2. The predicted octanol–water partition coefficient (Wildman–Crippen LogP) is 0.831. The summed E-state index contributed by atoms with van der Waals surface area (Å²) in [7, 11) is -3.54. The molecule has 1 saturated heterocycles. The maximum Gasteiger partial charge on any atom is 0.414 e. The Balaban J connectivity index is 1.59. The third-order valence-corrected chi connectivity index (χ3v) is 4.31. The molecule has 0 unspecified atom stereocenters. The van der Waals surface area contributed by atoms with Crippen LogP contribution in [0.4, 0.5) is 20.6 Å². The first-order valence-corrected chi connectivity index (χ1v) is 9.83. The SMILES string of the molecule is CS(=O)(=O)OCCNc1ccc(N2C[C@H](Cn3ccnn3)OC2=O)cc1F. The first-order valence-electron chi connectivity index (χ1n) is 8.02. The van der Waals surface area contributed by atoms with Gasteiger partial charge < -0.3 is 10.1 Å². The van der Waals surface area contributed by atoms with Gasteiger partial charge in [0.1, 0.15) is 11.9 Å². The van der Waals surface area contributed by atoms with Crippen LogP contribution in [-0.2, 0) is 25.6 Å². The number of cyclic esters (lactones) is 1. The molecule has 0 spiro atoms. The summed E-state index contributed by atoms with van der Waals surface area (Å²) in [4.78, 5) is 13.4. The zero-order valence-electron chi connectivity index (χ0n) is 14.4. The maximum absolute atomic E-state index is 14.3. The van der Waals surface area contributed by atoms with Crippen molar-refractivity contribution in [2.24, 2.45) is 0 Å². The molecular formula is C15H18FN5O5S. The van der Waals surface area contributed by atoms with Crippen LogP contribution in [0.2, 0.25) is 0 Å². The van der Waals surface area contributed by atoms with E-state index in [0.717, 1.165) is 6.26 Å². The highest BCUT2D eigenvalue weighted by Gasteiger charge is 2.33. The number of nitrogens with zero attached hydrogens (tertiary/aromatic N) is 4. The molecule has 10 nitrogen and oxygen atoms in total. The number of aromatic nitrogens is 3. The number of ether oxygens (including phenoxy) is 1. The predicted molar refractivity (Wildman–Crippen MR) is 93.3 cm³/mol. The summed E-state index contributed by atoms with van der Waals surface area (Å²) in [5, 5.41) is 10.2. The van der Waals surface area contributed by atoms with Crippen molar-refractivity contribution in [1.82, 2.24) is 15.0 Å². The number of anilines is 2. The van der Waals surface area contributed by atoms with Crippen LogP contribution in [0.25, 0.3) is 0 Å². The third-order valence-electron chi connectivity index (χ3n) is 3.72. The molecule has 1 aromatic heterocycles. The Morgan fingerprint density at radius 2 is 2.26 bits per heavy atom. The Morgan fingerprint density at radius 1 is 1.44 bits per heavy atom. The Morgan fingerprint density at radius 3 is 2.93 bits per heavy atom.